The number of nitrogens with one attached hydrogen (secondary N) is 2. The zero-order valence-electron chi connectivity index (χ0n) is 24.2. The normalized spacial score (nSPS) is 17.8. The molecule has 0 spiro atoms. The Labute approximate surface area is 238 Å². The highest BCUT2D eigenvalue weighted by molar-refractivity contribution is 6.22. The molecule has 0 unspecified atom stereocenters. The van der Waals surface area contributed by atoms with Gasteiger partial charge >= 0.3 is 6.18 Å². The van der Waals surface area contributed by atoms with E-state index in [2.05, 4.69) is 20.4 Å². The molecule has 2 aliphatic heterocycles. The van der Waals surface area contributed by atoms with E-state index in [0.29, 0.717) is 31.1 Å². The Kier molecular flexibility index (Phi) is 9.13. The Morgan fingerprint density at radius 1 is 1.17 bits per heavy atom. The predicted molar refractivity (Wildman–Crippen MR) is 147 cm³/mol. The van der Waals surface area contributed by atoms with Crippen LogP contribution in [-0.4, -0.2) is 83.9 Å². The molecule has 1 fully saturated rings. The summed E-state index contributed by atoms with van der Waals surface area (Å²) in [5.74, 6) is -0.508. The van der Waals surface area contributed by atoms with E-state index in [1.807, 2.05) is 0 Å². The van der Waals surface area contributed by atoms with Crippen molar-refractivity contribution < 1.29 is 32.2 Å². The first-order chi connectivity index (χ1) is 19.3. The fourth-order valence-electron chi connectivity index (χ4n) is 5.24. The van der Waals surface area contributed by atoms with E-state index in [0.717, 1.165) is 19.6 Å². The molecular formula is C29H38F3N5O4. The Hall–Kier alpha value is -3.38. The Morgan fingerprint density at radius 2 is 1.83 bits per heavy atom. The first-order valence-electron chi connectivity index (χ1n) is 13.9. The van der Waals surface area contributed by atoms with Gasteiger partial charge in [-0.2, -0.15) is 18.3 Å². The smallest absolute Gasteiger partial charge is 0.435 e. The van der Waals surface area contributed by atoms with Gasteiger partial charge in [-0.1, -0.05) is 20.8 Å². The number of ether oxygens (including phenoxy) is 2. The number of halogens is 3. The second-order valence-electron chi connectivity index (χ2n) is 11.2. The van der Waals surface area contributed by atoms with Gasteiger partial charge in [-0.05, 0) is 44.5 Å². The van der Waals surface area contributed by atoms with E-state index in [-0.39, 0.29) is 41.5 Å². The van der Waals surface area contributed by atoms with Crippen LogP contribution in [0.3, 0.4) is 0 Å². The van der Waals surface area contributed by atoms with Crippen molar-refractivity contribution in [2.75, 3.05) is 46.0 Å². The second kappa shape index (κ2) is 12.2. The predicted octanol–water partition coefficient (Wildman–Crippen LogP) is 4.22. The summed E-state index contributed by atoms with van der Waals surface area (Å²) in [7, 11) is 0. The molecule has 0 aliphatic carbocycles. The molecule has 0 radical (unpaired) electrons. The number of carbonyl (C=O) groups excluding carboxylic acids is 2. The van der Waals surface area contributed by atoms with Crippen LogP contribution < -0.4 is 10.1 Å². The Balaban J connectivity index is 1.68. The van der Waals surface area contributed by atoms with Crippen molar-refractivity contribution in [1.29, 1.82) is 0 Å². The number of amides is 2. The molecule has 4 rings (SSSR count). The minimum Gasteiger partial charge on any atom is -0.492 e. The number of benzene rings is 1. The minimum atomic E-state index is -4.81. The van der Waals surface area contributed by atoms with Gasteiger partial charge in [-0.25, -0.2) is 0 Å². The van der Waals surface area contributed by atoms with Gasteiger partial charge < -0.3 is 19.7 Å². The standard InChI is InChI=1S/C29H38F3N5O4/c1-6-21-22(26(38)33-18(2)3)23-24(34-35-25(23)29(30,31)32)28(4,5)17-37(21)27(39)19-7-9-20(10-8-19)41-16-13-36-11-14-40-15-12-36/h7-10,18H,6,11-17H2,1-5H3,(H,33,38)(H,34,35). The largest absolute Gasteiger partial charge is 0.492 e. The van der Waals surface area contributed by atoms with E-state index in [9.17, 15) is 22.8 Å². The maximum Gasteiger partial charge on any atom is 0.435 e. The van der Waals surface area contributed by atoms with Crippen molar-refractivity contribution in [2.24, 2.45) is 0 Å². The zero-order valence-corrected chi connectivity index (χ0v) is 24.2. The summed E-state index contributed by atoms with van der Waals surface area (Å²) in [5.41, 5.74) is -1.97. The summed E-state index contributed by atoms with van der Waals surface area (Å²) in [6, 6.07) is 6.33. The lowest BCUT2D eigenvalue weighted by Crippen LogP contribution is -2.40. The summed E-state index contributed by atoms with van der Waals surface area (Å²) in [6.07, 6.45) is -4.66. The lowest BCUT2D eigenvalue weighted by molar-refractivity contribution is -0.141. The third-order valence-corrected chi connectivity index (χ3v) is 7.24. The molecule has 12 heteroatoms. The molecule has 224 valence electrons. The SMILES string of the molecule is CCC1=C(C(=O)NC(C)C)c2c(C(F)(F)F)n[nH]c2C(C)(C)CN1C(=O)c1ccc(OCCN2CCOCC2)cc1. The molecule has 0 atom stereocenters. The van der Waals surface area contributed by atoms with Crippen molar-refractivity contribution in [3.8, 4) is 5.75 Å². The average Bonchev–Trinajstić information content (AvgIpc) is 3.34. The van der Waals surface area contributed by atoms with E-state index in [1.54, 1.807) is 58.9 Å². The number of aromatic nitrogens is 2. The van der Waals surface area contributed by atoms with Crippen LogP contribution >= 0.6 is 0 Å². The first-order valence-corrected chi connectivity index (χ1v) is 13.9. The van der Waals surface area contributed by atoms with E-state index in [1.165, 1.54) is 4.90 Å². The van der Waals surface area contributed by atoms with Gasteiger partial charge in [0.05, 0.1) is 24.5 Å². The van der Waals surface area contributed by atoms with Crippen LogP contribution in [0.1, 0.15) is 68.3 Å². The number of rotatable bonds is 8. The van der Waals surface area contributed by atoms with Crippen molar-refractivity contribution >= 4 is 17.4 Å². The topological polar surface area (TPSA) is 99.8 Å². The maximum absolute atomic E-state index is 14.1. The number of hydrogen-bond donors (Lipinski definition) is 2. The third-order valence-electron chi connectivity index (χ3n) is 7.24. The Bertz CT molecular complexity index is 1280. The highest BCUT2D eigenvalue weighted by atomic mass is 19.4. The van der Waals surface area contributed by atoms with Gasteiger partial charge in [-0.15, -0.1) is 0 Å². The number of carbonyl (C=O) groups is 2. The molecule has 3 heterocycles. The summed E-state index contributed by atoms with van der Waals surface area (Å²) in [5, 5.41) is 8.86. The second-order valence-corrected chi connectivity index (χ2v) is 11.2. The highest BCUT2D eigenvalue weighted by Crippen LogP contribution is 2.44. The summed E-state index contributed by atoms with van der Waals surface area (Å²) < 4.78 is 53.6. The molecule has 2 N–H and O–H groups in total. The molecule has 2 aliphatic rings. The molecule has 0 bridgehead atoms. The number of fused-ring (bicyclic) bond motifs is 1. The number of hydrogen-bond acceptors (Lipinski definition) is 6. The fourth-order valence-corrected chi connectivity index (χ4v) is 5.24. The first kappa shape index (κ1) is 30.6. The molecule has 41 heavy (non-hydrogen) atoms. The minimum absolute atomic E-state index is 0.0394. The molecular weight excluding hydrogens is 539 g/mol. The molecule has 1 aromatic carbocycles. The molecule has 2 aromatic rings. The third kappa shape index (κ3) is 6.75. The fraction of sp³-hybridized carbons (Fsp3) is 0.552. The number of morpholine rings is 1. The number of aromatic amines is 1. The van der Waals surface area contributed by atoms with Crippen molar-refractivity contribution in [3.63, 3.8) is 0 Å². The van der Waals surface area contributed by atoms with Crippen LogP contribution in [0.5, 0.6) is 5.75 Å². The van der Waals surface area contributed by atoms with Crippen LogP contribution in [0.4, 0.5) is 13.2 Å². The number of nitrogens with zero attached hydrogens (tertiary/aromatic N) is 3. The van der Waals surface area contributed by atoms with Gasteiger partial charge in [-0.3, -0.25) is 19.6 Å². The highest BCUT2D eigenvalue weighted by Gasteiger charge is 2.46. The van der Waals surface area contributed by atoms with Gasteiger partial charge in [0.1, 0.15) is 12.4 Å². The van der Waals surface area contributed by atoms with Crippen LogP contribution in [0, 0.1) is 0 Å². The summed E-state index contributed by atoms with van der Waals surface area (Å²) in [4.78, 5) is 31.1. The summed E-state index contributed by atoms with van der Waals surface area (Å²) >= 11 is 0. The molecule has 2 amide bonds. The van der Waals surface area contributed by atoms with Gasteiger partial charge in [0.25, 0.3) is 11.8 Å². The van der Waals surface area contributed by atoms with Crippen LogP contribution in [0.25, 0.3) is 5.57 Å². The molecule has 0 saturated carbocycles. The maximum atomic E-state index is 14.1. The monoisotopic (exact) mass is 577 g/mol. The van der Waals surface area contributed by atoms with Gasteiger partial charge in [0, 0.05) is 54.5 Å². The van der Waals surface area contributed by atoms with Crippen LogP contribution in [0.2, 0.25) is 0 Å². The molecule has 9 nitrogen and oxygen atoms in total. The van der Waals surface area contributed by atoms with Gasteiger partial charge in [0.2, 0.25) is 0 Å². The van der Waals surface area contributed by atoms with Crippen molar-refractivity contribution in [1.82, 2.24) is 25.3 Å². The number of H-pyrrole nitrogens is 1. The van der Waals surface area contributed by atoms with Gasteiger partial charge in [0.15, 0.2) is 5.69 Å². The summed E-state index contributed by atoms with van der Waals surface area (Å²) in [6.45, 7) is 13.0. The average molecular weight is 578 g/mol. The lowest BCUT2D eigenvalue weighted by atomic mass is 9.84. The molecule has 1 aromatic heterocycles. The zero-order chi connectivity index (χ0) is 29.9. The van der Waals surface area contributed by atoms with Crippen LogP contribution in [0.15, 0.2) is 30.0 Å². The Morgan fingerprint density at radius 3 is 2.41 bits per heavy atom. The van der Waals surface area contributed by atoms with Crippen molar-refractivity contribution in [3.05, 3.63) is 52.5 Å². The molecule has 1 saturated heterocycles. The quantitative estimate of drug-likeness (QED) is 0.488. The van der Waals surface area contributed by atoms with E-state index >= 15 is 0 Å². The van der Waals surface area contributed by atoms with Crippen LogP contribution in [-0.2, 0) is 21.1 Å². The van der Waals surface area contributed by atoms with E-state index in [4.69, 9.17) is 9.47 Å². The number of allylic oxidation sites excluding steroid dienone is 1. The van der Waals surface area contributed by atoms with Crippen molar-refractivity contribution in [2.45, 2.75) is 58.7 Å². The van der Waals surface area contributed by atoms with E-state index < -0.39 is 29.1 Å². The number of alkyl halides is 3. The lowest BCUT2D eigenvalue weighted by Gasteiger charge is -2.32.